The van der Waals surface area contributed by atoms with Gasteiger partial charge in [-0.25, -0.2) is 14.1 Å². The third kappa shape index (κ3) is 3.36. The molecule has 3 aromatic rings. The van der Waals surface area contributed by atoms with Crippen LogP contribution in [0.1, 0.15) is 26.7 Å². The second-order valence-electron chi connectivity index (χ2n) is 7.44. The fourth-order valence-corrected chi connectivity index (χ4v) is 3.53. The van der Waals surface area contributed by atoms with Gasteiger partial charge in [0.25, 0.3) is 5.91 Å². The van der Waals surface area contributed by atoms with Gasteiger partial charge in [-0.2, -0.15) is 0 Å². The Kier molecular flexibility index (Phi) is 3.88. The molecule has 0 radical (unpaired) electrons. The number of amides is 2. The van der Waals surface area contributed by atoms with Crippen molar-refractivity contribution in [2.24, 2.45) is 5.92 Å². The van der Waals surface area contributed by atoms with Crippen molar-refractivity contribution in [2.75, 3.05) is 29.6 Å². The Morgan fingerprint density at radius 1 is 1.34 bits per heavy atom. The van der Waals surface area contributed by atoms with Crippen LogP contribution in [-0.4, -0.2) is 62.2 Å². The van der Waals surface area contributed by atoms with Crippen LogP contribution in [0.5, 0.6) is 0 Å². The average Bonchev–Trinajstić information content (AvgIpc) is 3.32. The Bertz CT molecular complexity index is 1330. The first-order valence-corrected chi connectivity index (χ1v) is 9.63. The van der Waals surface area contributed by atoms with E-state index >= 15 is 0 Å². The number of alkyl halides is 1. The molecule has 0 spiro atoms. The molecule has 32 heavy (non-hydrogen) atoms. The number of hydrogen-bond acceptors (Lipinski definition) is 9. The Hall–Kier alpha value is -4.16. The summed E-state index contributed by atoms with van der Waals surface area (Å²) < 4.78 is 36.9. The van der Waals surface area contributed by atoms with Crippen molar-refractivity contribution >= 4 is 34.8 Å². The van der Waals surface area contributed by atoms with Crippen LogP contribution in [0.4, 0.5) is 27.4 Å². The molecular formula is C19H19FN10O2. The van der Waals surface area contributed by atoms with Gasteiger partial charge in [-0.15, -0.1) is 15.3 Å². The number of carbonyl (C=O) groups excluding carboxylic acids is 2. The number of aromatic nitrogens is 6. The molecule has 5 rings (SSSR count). The molecule has 0 bridgehead atoms. The molecule has 1 fully saturated rings. The highest BCUT2D eigenvalue weighted by Gasteiger charge is 2.43. The molecule has 2 atom stereocenters. The van der Waals surface area contributed by atoms with Gasteiger partial charge in [0.1, 0.15) is 11.9 Å². The van der Waals surface area contributed by atoms with Crippen molar-refractivity contribution in [3.05, 3.63) is 35.9 Å². The summed E-state index contributed by atoms with van der Waals surface area (Å²) in [6, 6.07) is 3.05. The molecule has 164 valence electrons. The lowest BCUT2D eigenvalue weighted by molar-refractivity contribution is -0.117. The van der Waals surface area contributed by atoms with Gasteiger partial charge < -0.3 is 20.9 Å². The summed E-state index contributed by atoms with van der Waals surface area (Å²) in [4.78, 5) is 31.1. The van der Waals surface area contributed by atoms with E-state index in [-0.39, 0.29) is 23.6 Å². The maximum atomic E-state index is 13.3. The van der Waals surface area contributed by atoms with Crippen molar-refractivity contribution < 1.29 is 18.1 Å². The quantitative estimate of drug-likeness (QED) is 0.524. The molecule has 2 amide bonds. The van der Waals surface area contributed by atoms with Crippen LogP contribution in [0.15, 0.2) is 24.5 Å². The standard InChI is InChI=1S/C19H19FN10O2/c1-21-19(32)15-12(6-14(26-27-15)25-18(31)10-5-11(10)20)24-17-16-13(3-4-22-17)30-9(7-23-28-30)8-29(16)2/h3-4,6-7,10-11H,5,8H2,1-2H3,(H,21,32)(H2,22,24,25,26,31)/t10-,11+/m0/s1/i1D3. The second-order valence-corrected chi connectivity index (χ2v) is 7.44. The zero-order valence-electron chi connectivity index (χ0n) is 19.7. The first-order valence-electron chi connectivity index (χ1n) is 11.1. The van der Waals surface area contributed by atoms with Crippen molar-refractivity contribution in [1.82, 2.24) is 35.5 Å². The fraction of sp³-hybridized carbons (Fsp3) is 0.316. The summed E-state index contributed by atoms with van der Waals surface area (Å²) in [7, 11) is 1.84. The number of halogens is 1. The molecular weight excluding hydrogens is 419 g/mol. The zero-order chi connectivity index (χ0) is 24.9. The van der Waals surface area contributed by atoms with Crippen molar-refractivity contribution in [1.29, 1.82) is 0 Å². The molecule has 12 nitrogen and oxygen atoms in total. The number of anilines is 4. The molecule has 0 aromatic carbocycles. The van der Waals surface area contributed by atoms with Crippen LogP contribution >= 0.6 is 0 Å². The average molecular weight is 441 g/mol. The number of hydrogen-bond donors (Lipinski definition) is 3. The van der Waals surface area contributed by atoms with Gasteiger partial charge in [-0.1, -0.05) is 5.21 Å². The molecule has 1 aliphatic carbocycles. The fourth-order valence-electron chi connectivity index (χ4n) is 3.53. The Balaban J connectivity index is 1.53. The van der Waals surface area contributed by atoms with E-state index in [1.807, 2.05) is 17.3 Å². The van der Waals surface area contributed by atoms with Crippen LogP contribution in [0.3, 0.4) is 0 Å². The first-order chi connectivity index (χ1) is 16.6. The summed E-state index contributed by atoms with van der Waals surface area (Å²) in [6.07, 6.45) is 2.09. The highest BCUT2D eigenvalue weighted by Crippen LogP contribution is 2.37. The van der Waals surface area contributed by atoms with E-state index in [0.29, 0.717) is 23.7 Å². The second kappa shape index (κ2) is 7.51. The molecule has 3 N–H and O–H groups in total. The monoisotopic (exact) mass is 441 g/mol. The van der Waals surface area contributed by atoms with Crippen molar-refractivity contribution in [3.8, 4) is 5.69 Å². The summed E-state index contributed by atoms with van der Waals surface area (Å²) >= 11 is 0. The molecule has 2 aliphatic rings. The van der Waals surface area contributed by atoms with E-state index in [2.05, 4.69) is 36.1 Å². The molecule has 13 heteroatoms. The third-order valence-electron chi connectivity index (χ3n) is 5.21. The lowest BCUT2D eigenvalue weighted by Crippen LogP contribution is -2.27. The first kappa shape index (κ1) is 16.5. The maximum absolute atomic E-state index is 13.3. The minimum Gasteiger partial charge on any atom is -0.364 e. The van der Waals surface area contributed by atoms with Gasteiger partial charge in [0.2, 0.25) is 5.91 Å². The highest BCUT2D eigenvalue weighted by atomic mass is 19.1. The van der Waals surface area contributed by atoms with Crippen LogP contribution in [-0.2, 0) is 11.3 Å². The van der Waals surface area contributed by atoms with Crippen molar-refractivity contribution in [2.45, 2.75) is 19.1 Å². The number of nitrogens with zero attached hydrogens (tertiary/aromatic N) is 7. The molecule has 0 unspecified atom stereocenters. The predicted molar refractivity (Wildman–Crippen MR) is 112 cm³/mol. The van der Waals surface area contributed by atoms with Crippen molar-refractivity contribution in [3.63, 3.8) is 0 Å². The number of fused-ring (bicyclic) bond motifs is 3. The van der Waals surface area contributed by atoms with Crippen LogP contribution < -0.4 is 20.9 Å². The molecule has 1 saturated carbocycles. The van der Waals surface area contributed by atoms with E-state index in [9.17, 15) is 14.0 Å². The topological polar surface area (TPSA) is 143 Å². The van der Waals surface area contributed by atoms with Gasteiger partial charge >= 0.3 is 0 Å². The normalized spacial score (nSPS) is 20.2. The molecule has 1 aliphatic heterocycles. The SMILES string of the molecule is [2H]C([2H])([2H])NC(=O)c1nnc(NC(=O)[C@H]2C[C@H]2F)cc1Nc1nccc2c1N(C)Cc1cnnn1-2. The largest absolute Gasteiger partial charge is 0.364 e. The third-order valence-corrected chi connectivity index (χ3v) is 5.21. The van der Waals surface area contributed by atoms with Crippen LogP contribution in [0.2, 0.25) is 0 Å². The number of carbonyl (C=O) groups is 2. The van der Waals surface area contributed by atoms with Gasteiger partial charge in [-0.3, -0.25) is 9.59 Å². The lowest BCUT2D eigenvalue weighted by atomic mass is 10.2. The Labute approximate surface area is 185 Å². The highest BCUT2D eigenvalue weighted by molar-refractivity contribution is 6.00. The number of nitrogens with one attached hydrogen (secondary N) is 3. The van der Waals surface area contributed by atoms with Crippen LogP contribution in [0.25, 0.3) is 5.69 Å². The summed E-state index contributed by atoms with van der Waals surface area (Å²) in [6.45, 7) is -2.28. The van der Waals surface area contributed by atoms with E-state index in [1.165, 1.54) is 12.3 Å². The number of rotatable bonds is 5. The van der Waals surface area contributed by atoms with Gasteiger partial charge in [0.15, 0.2) is 17.3 Å². The zero-order valence-corrected chi connectivity index (χ0v) is 16.7. The van der Waals surface area contributed by atoms with Gasteiger partial charge in [-0.05, 0) is 12.5 Å². The summed E-state index contributed by atoms with van der Waals surface area (Å²) in [5.41, 5.74) is 1.86. The van der Waals surface area contributed by atoms with E-state index in [0.717, 1.165) is 5.69 Å². The number of pyridine rings is 1. The molecule has 3 aromatic heterocycles. The predicted octanol–water partition coefficient (Wildman–Crippen LogP) is 0.802. The van der Waals surface area contributed by atoms with E-state index < -0.39 is 30.9 Å². The smallest absolute Gasteiger partial charge is 0.273 e. The van der Waals surface area contributed by atoms with Gasteiger partial charge in [0, 0.05) is 30.4 Å². The van der Waals surface area contributed by atoms with E-state index in [4.69, 9.17) is 4.11 Å². The summed E-state index contributed by atoms with van der Waals surface area (Å²) in [5, 5.41) is 23.0. The maximum Gasteiger partial charge on any atom is 0.273 e. The Morgan fingerprint density at radius 2 is 2.19 bits per heavy atom. The van der Waals surface area contributed by atoms with Gasteiger partial charge in [0.05, 0.1) is 35.7 Å². The summed E-state index contributed by atoms with van der Waals surface area (Å²) in [5.74, 6) is -2.07. The Morgan fingerprint density at radius 3 is 2.97 bits per heavy atom. The minimum absolute atomic E-state index is 0.0309. The molecule has 4 heterocycles. The molecule has 0 saturated heterocycles. The van der Waals surface area contributed by atoms with E-state index in [1.54, 1.807) is 16.9 Å². The van der Waals surface area contributed by atoms with Crippen LogP contribution in [0, 0.1) is 5.92 Å². The lowest BCUT2D eigenvalue weighted by Gasteiger charge is -2.29. The minimum atomic E-state index is -2.76.